The standard InChI is InChI=1S/C10H13BrFNO2S/c1-10(2,6-16(13,14)15)8-4-3-7(11)5-9(8)12/h3-5H,6H2,1-2H3,(H2,13,14,15). The summed E-state index contributed by atoms with van der Waals surface area (Å²) < 4.78 is 36.4. The van der Waals surface area contributed by atoms with Crippen molar-refractivity contribution >= 4 is 26.0 Å². The van der Waals surface area contributed by atoms with Crippen LogP contribution in [0.3, 0.4) is 0 Å². The molecule has 0 spiro atoms. The van der Waals surface area contributed by atoms with Crippen LogP contribution in [-0.4, -0.2) is 14.2 Å². The van der Waals surface area contributed by atoms with Crippen LogP contribution in [0.2, 0.25) is 0 Å². The van der Waals surface area contributed by atoms with Crippen molar-refractivity contribution in [3.05, 3.63) is 34.1 Å². The molecule has 16 heavy (non-hydrogen) atoms. The molecule has 3 nitrogen and oxygen atoms in total. The van der Waals surface area contributed by atoms with E-state index in [1.165, 1.54) is 6.07 Å². The smallest absolute Gasteiger partial charge is 0.209 e. The molecule has 0 atom stereocenters. The third-order valence-electron chi connectivity index (χ3n) is 2.22. The molecule has 0 bridgehead atoms. The van der Waals surface area contributed by atoms with Gasteiger partial charge in [-0.2, -0.15) is 0 Å². The van der Waals surface area contributed by atoms with Crippen molar-refractivity contribution in [2.24, 2.45) is 5.14 Å². The van der Waals surface area contributed by atoms with Crippen LogP contribution in [0.25, 0.3) is 0 Å². The van der Waals surface area contributed by atoms with Crippen molar-refractivity contribution < 1.29 is 12.8 Å². The summed E-state index contributed by atoms with van der Waals surface area (Å²) in [7, 11) is -3.64. The highest BCUT2D eigenvalue weighted by Crippen LogP contribution is 2.28. The Morgan fingerprint density at radius 3 is 2.44 bits per heavy atom. The highest BCUT2D eigenvalue weighted by molar-refractivity contribution is 9.10. The van der Waals surface area contributed by atoms with Crippen LogP contribution in [0.1, 0.15) is 19.4 Å². The summed E-state index contributed by atoms with van der Waals surface area (Å²) in [6, 6.07) is 4.54. The van der Waals surface area contributed by atoms with Gasteiger partial charge in [0, 0.05) is 9.89 Å². The van der Waals surface area contributed by atoms with Crippen LogP contribution in [0.15, 0.2) is 22.7 Å². The van der Waals surface area contributed by atoms with Gasteiger partial charge in [-0.15, -0.1) is 0 Å². The lowest BCUT2D eigenvalue weighted by molar-refractivity contribution is 0.511. The molecule has 2 N–H and O–H groups in total. The van der Waals surface area contributed by atoms with Crippen LogP contribution in [0, 0.1) is 5.82 Å². The number of halogens is 2. The van der Waals surface area contributed by atoms with E-state index in [4.69, 9.17) is 5.14 Å². The molecule has 0 aliphatic carbocycles. The quantitative estimate of drug-likeness (QED) is 0.930. The van der Waals surface area contributed by atoms with E-state index in [-0.39, 0.29) is 5.75 Å². The molecule has 1 aromatic rings. The first-order valence-corrected chi connectivity index (χ1v) is 7.09. The summed E-state index contributed by atoms with van der Waals surface area (Å²) in [5.74, 6) is -0.735. The Morgan fingerprint density at radius 1 is 1.44 bits per heavy atom. The second kappa shape index (κ2) is 4.43. The molecule has 0 radical (unpaired) electrons. The van der Waals surface area contributed by atoms with Gasteiger partial charge >= 0.3 is 0 Å². The van der Waals surface area contributed by atoms with Gasteiger partial charge in [0.15, 0.2) is 0 Å². The SMILES string of the molecule is CC(C)(CS(N)(=O)=O)c1ccc(Br)cc1F. The number of sulfonamides is 1. The van der Waals surface area contributed by atoms with Crippen molar-refractivity contribution in [1.82, 2.24) is 0 Å². The molecule has 0 saturated heterocycles. The number of hydrogen-bond acceptors (Lipinski definition) is 2. The molecule has 0 aliphatic heterocycles. The van der Waals surface area contributed by atoms with Gasteiger partial charge in [0.2, 0.25) is 10.0 Å². The molecule has 6 heteroatoms. The van der Waals surface area contributed by atoms with Crippen LogP contribution in [0.5, 0.6) is 0 Å². The Labute approximate surface area is 103 Å². The van der Waals surface area contributed by atoms with Crippen molar-refractivity contribution in [1.29, 1.82) is 0 Å². The molecular weight excluding hydrogens is 297 g/mol. The van der Waals surface area contributed by atoms with Crippen LogP contribution in [0.4, 0.5) is 4.39 Å². The first-order chi connectivity index (χ1) is 7.12. The normalized spacial score (nSPS) is 12.8. The number of primary sulfonamides is 1. The Balaban J connectivity index is 3.17. The number of nitrogens with two attached hydrogens (primary N) is 1. The third-order valence-corrected chi connectivity index (χ3v) is 3.84. The maximum absolute atomic E-state index is 13.7. The molecule has 0 saturated carbocycles. The average molecular weight is 310 g/mol. The van der Waals surface area contributed by atoms with Gasteiger partial charge in [-0.05, 0) is 17.7 Å². The highest BCUT2D eigenvalue weighted by Gasteiger charge is 2.28. The fourth-order valence-corrected chi connectivity index (χ4v) is 3.11. The molecule has 0 fully saturated rings. The van der Waals surface area contributed by atoms with Crippen LogP contribution >= 0.6 is 15.9 Å². The van der Waals surface area contributed by atoms with Gasteiger partial charge in [-0.25, -0.2) is 17.9 Å². The molecule has 90 valence electrons. The predicted octanol–water partition coefficient (Wildman–Crippen LogP) is 2.15. The van der Waals surface area contributed by atoms with Crippen molar-refractivity contribution in [2.75, 3.05) is 5.75 Å². The summed E-state index contributed by atoms with van der Waals surface area (Å²) in [5, 5.41) is 4.98. The van der Waals surface area contributed by atoms with E-state index in [0.29, 0.717) is 10.0 Å². The first-order valence-electron chi connectivity index (χ1n) is 4.58. The van der Waals surface area contributed by atoms with E-state index in [9.17, 15) is 12.8 Å². The predicted molar refractivity (Wildman–Crippen MR) is 65.1 cm³/mol. The minimum atomic E-state index is -3.64. The fourth-order valence-electron chi connectivity index (χ4n) is 1.62. The maximum Gasteiger partial charge on any atom is 0.209 e. The largest absolute Gasteiger partial charge is 0.229 e. The van der Waals surface area contributed by atoms with E-state index in [1.54, 1.807) is 26.0 Å². The molecule has 0 aromatic heterocycles. The lowest BCUT2D eigenvalue weighted by Crippen LogP contribution is -2.33. The Bertz CT molecular complexity index is 500. The zero-order valence-corrected chi connectivity index (χ0v) is 11.4. The molecule has 1 aromatic carbocycles. The molecule has 1 rings (SSSR count). The van der Waals surface area contributed by atoms with E-state index >= 15 is 0 Å². The minimum Gasteiger partial charge on any atom is -0.229 e. The van der Waals surface area contributed by atoms with Gasteiger partial charge in [-0.3, -0.25) is 0 Å². The number of benzene rings is 1. The van der Waals surface area contributed by atoms with E-state index in [1.807, 2.05) is 0 Å². The lowest BCUT2D eigenvalue weighted by Gasteiger charge is -2.24. The molecule has 0 heterocycles. The zero-order chi connectivity index (χ0) is 12.6. The second-order valence-electron chi connectivity index (χ2n) is 4.32. The fraction of sp³-hybridized carbons (Fsp3) is 0.400. The monoisotopic (exact) mass is 309 g/mol. The average Bonchev–Trinajstić information content (AvgIpc) is 1.97. The summed E-state index contributed by atoms with van der Waals surface area (Å²) in [6.45, 7) is 3.29. The first kappa shape index (κ1) is 13.6. The van der Waals surface area contributed by atoms with Crippen molar-refractivity contribution in [3.63, 3.8) is 0 Å². The van der Waals surface area contributed by atoms with E-state index < -0.39 is 21.3 Å². The van der Waals surface area contributed by atoms with E-state index in [0.717, 1.165) is 0 Å². The number of hydrogen-bond donors (Lipinski definition) is 1. The van der Waals surface area contributed by atoms with Gasteiger partial charge < -0.3 is 0 Å². The Kier molecular flexibility index (Phi) is 3.76. The van der Waals surface area contributed by atoms with Gasteiger partial charge in [0.1, 0.15) is 5.82 Å². The van der Waals surface area contributed by atoms with Gasteiger partial charge in [0.05, 0.1) is 5.75 Å². The molecular formula is C10H13BrFNO2S. The van der Waals surface area contributed by atoms with E-state index in [2.05, 4.69) is 15.9 Å². The van der Waals surface area contributed by atoms with Crippen molar-refractivity contribution in [3.8, 4) is 0 Å². The summed E-state index contributed by atoms with van der Waals surface area (Å²) >= 11 is 3.14. The molecule has 0 unspecified atom stereocenters. The van der Waals surface area contributed by atoms with Gasteiger partial charge in [-0.1, -0.05) is 35.8 Å². The molecule has 0 aliphatic rings. The lowest BCUT2D eigenvalue weighted by atomic mass is 9.86. The summed E-state index contributed by atoms with van der Waals surface area (Å²) in [6.07, 6.45) is 0. The van der Waals surface area contributed by atoms with Crippen LogP contribution in [-0.2, 0) is 15.4 Å². The summed E-state index contributed by atoms with van der Waals surface area (Å²) in [5.41, 5.74) is -0.511. The van der Waals surface area contributed by atoms with Crippen molar-refractivity contribution in [2.45, 2.75) is 19.3 Å². The zero-order valence-electron chi connectivity index (χ0n) is 9.00. The Hall–Kier alpha value is -0.460. The highest BCUT2D eigenvalue weighted by atomic mass is 79.9. The second-order valence-corrected chi connectivity index (χ2v) is 6.85. The maximum atomic E-state index is 13.7. The third kappa shape index (κ3) is 3.54. The number of rotatable bonds is 3. The van der Waals surface area contributed by atoms with Crippen LogP contribution < -0.4 is 5.14 Å². The van der Waals surface area contributed by atoms with Gasteiger partial charge in [0.25, 0.3) is 0 Å². The Morgan fingerprint density at radius 2 is 2.00 bits per heavy atom. The minimum absolute atomic E-state index is 0.293. The molecule has 0 amide bonds. The summed E-state index contributed by atoms with van der Waals surface area (Å²) in [4.78, 5) is 0. The topological polar surface area (TPSA) is 60.2 Å².